The van der Waals surface area contributed by atoms with Crippen LogP contribution in [-0.2, 0) is 11.8 Å². The molecule has 0 aliphatic carbocycles. The second kappa shape index (κ2) is 8.44. The molecule has 3 aromatic heterocycles. The molecule has 0 saturated carbocycles. The Morgan fingerprint density at radius 1 is 1.19 bits per heavy atom. The lowest BCUT2D eigenvalue weighted by Crippen LogP contribution is -2.19. The van der Waals surface area contributed by atoms with E-state index in [0.29, 0.717) is 10.9 Å². The van der Waals surface area contributed by atoms with Crippen molar-refractivity contribution in [3.8, 4) is 17.0 Å². The lowest BCUT2D eigenvalue weighted by Gasteiger charge is -2.25. The average Bonchev–Trinajstić information content (AvgIpc) is 3.37. The third-order valence-electron chi connectivity index (χ3n) is 5.82. The van der Waals surface area contributed by atoms with Crippen LogP contribution < -0.4 is 10.1 Å². The summed E-state index contributed by atoms with van der Waals surface area (Å²) in [6, 6.07) is 7.78. The Hall–Kier alpha value is -3.10. The maximum atomic E-state index is 6.42. The number of benzene rings is 1. The van der Waals surface area contributed by atoms with Crippen LogP contribution >= 0.6 is 11.6 Å². The summed E-state index contributed by atoms with van der Waals surface area (Å²) >= 11 is 6.42. The van der Waals surface area contributed by atoms with Gasteiger partial charge in [0.15, 0.2) is 5.65 Å². The molecule has 1 N–H and O–H groups in total. The minimum Gasteiger partial charge on any atom is -0.495 e. The molecular weight excluding hydrogens is 428 g/mol. The Kier molecular flexibility index (Phi) is 5.48. The van der Waals surface area contributed by atoms with Crippen molar-refractivity contribution in [2.45, 2.75) is 32.4 Å². The van der Waals surface area contributed by atoms with Crippen molar-refractivity contribution in [2.75, 3.05) is 19.0 Å². The number of aromatic nitrogens is 5. The van der Waals surface area contributed by atoms with Crippen molar-refractivity contribution in [1.82, 2.24) is 24.1 Å². The zero-order valence-electron chi connectivity index (χ0n) is 18.3. The second-order valence-electron chi connectivity index (χ2n) is 7.94. The quantitative estimate of drug-likeness (QED) is 0.417. The van der Waals surface area contributed by atoms with E-state index in [9.17, 15) is 0 Å². The number of pyridine rings is 1. The Bertz CT molecular complexity index is 1280. The van der Waals surface area contributed by atoms with Crippen molar-refractivity contribution in [2.24, 2.45) is 7.05 Å². The van der Waals surface area contributed by atoms with E-state index in [2.05, 4.69) is 15.3 Å². The Balaban J connectivity index is 1.55. The van der Waals surface area contributed by atoms with E-state index in [1.807, 2.05) is 47.5 Å². The van der Waals surface area contributed by atoms with Gasteiger partial charge in [0.05, 0.1) is 36.7 Å². The number of methoxy groups -OCH3 is 1. The Labute approximate surface area is 191 Å². The first-order valence-corrected chi connectivity index (χ1v) is 11.0. The van der Waals surface area contributed by atoms with Gasteiger partial charge < -0.3 is 19.4 Å². The summed E-state index contributed by atoms with van der Waals surface area (Å²) in [6.07, 6.45) is 6.68. The fraction of sp³-hybridized carbons (Fsp3) is 0.348. The van der Waals surface area contributed by atoms with Gasteiger partial charge in [-0.2, -0.15) is 0 Å². The summed E-state index contributed by atoms with van der Waals surface area (Å²) in [5, 5.41) is 3.84. The highest BCUT2D eigenvalue weighted by atomic mass is 35.5. The number of imidazole rings is 2. The fourth-order valence-electron chi connectivity index (χ4n) is 4.24. The molecule has 8 nitrogen and oxygen atoms in total. The van der Waals surface area contributed by atoms with E-state index in [-0.39, 0.29) is 6.23 Å². The van der Waals surface area contributed by atoms with E-state index in [4.69, 9.17) is 26.1 Å². The van der Waals surface area contributed by atoms with Crippen molar-refractivity contribution in [3.05, 3.63) is 47.8 Å². The predicted octanol–water partition coefficient (Wildman–Crippen LogP) is 5.24. The number of hydrogen-bond acceptors (Lipinski definition) is 6. The van der Waals surface area contributed by atoms with Crippen molar-refractivity contribution in [1.29, 1.82) is 0 Å². The molecule has 4 aromatic rings. The number of halogens is 1. The van der Waals surface area contributed by atoms with Crippen LogP contribution in [0.5, 0.6) is 5.75 Å². The normalized spacial score (nSPS) is 16.4. The van der Waals surface area contributed by atoms with E-state index in [0.717, 1.165) is 65.5 Å². The van der Waals surface area contributed by atoms with Gasteiger partial charge in [0, 0.05) is 25.3 Å². The largest absolute Gasteiger partial charge is 0.495 e. The average molecular weight is 453 g/mol. The number of nitrogens with one attached hydrogen (secondary N) is 1. The first kappa shape index (κ1) is 20.8. The molecule has 1 aromatic carbocycles. The first-order chi connectivity index (χ1) is 15.5. The Morgan fingerprint density at radius 2 is 2.06 bits per heavy atom. The van der Waals surface area contributed by atoms with E-state index in [1.54, 1.807) is 19.5 Å². The number of aryl methyl sites for hydroxylation is 2. The van der Waals surface area contributed by atoms with Crippen LogP contribution in [0.15, 0.2) is 36.8 Å². The fourth-order valence-corrected chi connectivity index (χ4v) is 4.43. The van der Waals surface area contributed by atoms with Gasteiger partial charge in [-0.1, -0.05) is 17.7 Å². The number of hydrogen-bond donors (Lipinski definition) is 1. The standard InChI is InChI=1S/C23H25ClN6O2/c1-14-26-22-17(11-20(24)28-23(22)30(14)21-6-4-5-9-32-21)27-16-8-7-15(10-19(16)31-3)18-12-25-13-29(18)2/h7-8,10-13,21H,4-6,9H2,1-3H3,(H,27,28). The van der Waals surface area contributed by atoms with Gasteiger partial charge in [-0.3, -0.25) is 4.57 Å². The number of ether oxygens (including phenoxy) is 2. The number of anilines is 2. The molecule has 1 fully saturated rings. The van der Waals surface area contributed by atoms with Gasteiger partial charge >= 0.3 is 0 Å². The van der Waals surface area contributed by atoms with Gasteiger partial charge in [-0.25, -0.2) is 15.0 Å². The zero-order valence-corrected chi connectivity index (χ0v) is 19.1. The smallest absolute Gasteiger partial charge is 0.166 e. The predicted molar refractivity (Wildman–Crippen MR) is 125 cm³/mol. The number of rotatable bonds is 5. The van der Waals surface area contributed by atoms with Crippen molar-refractivity contribution < 1.29 is 9.47 Å². The molecule has 0 bridgehead atoms. The molecule has 1 unspecified atom stereocenters. The molecule has 1 saturated heterocycles. The van der Waals surface area contributed by atoms with Gasteiger partial charge in [-0.05, 0) is 38.3 Å². The second-order valence-corrected chi connectivity index (χ2v) is 8.33. The summed E-state index contributed by atoms with van der Waals surface area (Å²) in [5.41, 5.74) is 5.06. The number of nitrogens with zero attached hydrogens (tertiary/aromatic N) is 5. The topological polar surface area (TPSA) is 79.0 Å². The third kappa shape index (κ3) is 3.69. The van der Waals surface area contributed by atoms with Crippen LogP contribution in [-0.4, -0.2) is 37.8 Å². The molecular formula is C23H25ClN6O2. The van der Waals surface area contributed by atoms with Gasteiger partial charge in [0.1, 0.15) is 28.5 Å². The molecule has 1 atom stereocenters. The minimum atomic E-state index is -0.0692. The van der Waals surface area contributed by atoms with Gasteiger partial charge in [0.25, 0.3) is 0 Å². The van der Waals surface area contributed by atoms with E-state index < -0.39 is 0 Å². The van der Waals surface area contributed by atoms with Crippen LogP contribution in [0.4, 0.5) is 11.4 Å². The first-order valence-electron chi connectivity index (χ1n) is 10.6. The maximum Gasteiger partial charge on any atom is 0.166 e. The molecule has 4 heterocycles. The molecule has 0 spiro atoms. The van der Waals surface area contributed by atoms with E-state index in [1.165, 1.54) is 0 Å². The summed E-state index contributed by atoms with van der Waals surface area (Å²) in [5.74, 6) is 1.56. The van der Waals surface area contributed by atoms with Crippen LogP contribution in [0.3, 0.4) is 0 Å². The van der Waals surface area contributed by atoms with Crippen molar-refractivity contribution in [3.63, 3.8) is 0 Å². The summed E-state index contributed by atoms with van der Waals surface area (Å²) in [7, 11) is 3.62. The van der Waals surface area contributed by atoms with E-state index >= 15 is 0 Å². The molecule has 0 amide bonds. The highest BCUT2D eigenvalue weighted by molar-refractivity contribution is 6.30. The minimum absolute atomic E-state index is 0.0692. The van der Waals surface area contributed by atoms with Crippen LogP contribution in [0, 0.1) is 6.92 Å². The third-order valence-corrected chi connectivity index (χ3v) is 6.01. The molecule has 32 heavy (non-hydrogen) atoms. The summed E-state index contributed by atoms with van der Waals surface area (Å²) in [6.45, 7) is 2.72. The molecule has 9 heteroatoms. The molecule has 166 valence electrons. The highest BCUT2D eigenvalue weighted by Crippen LogP contribution is 2.36. The monoisotopic (exact) mass is 452 g/mol. The van der Waals surface area contributed by atoms with Crippen LogP contribution in [0.2, 0.25) is 5.15 Å². The zero-order chi connectivity index (χ0) is 22.2. The van der Waals surface area contributed by atoms with Crippen LogP contribution in [0.1, 0.15) is 31.3 Å². The molecule has 0 radical (unpaired) electrons. The maximum absolute atomic E-state index is 6.42. The highest BCUT2D eigenvalue weighted by Gasteiger charge is 2.23. The summed E-state index contributed by atoms with van der Waals surface area (Å²) in [4.78, 5) is 13.6. The van der Waals surface area contributed by atoms with Gasteiger partial charge in [0.2, 0.25) is 0 Å². The Morgan fingerprint density at radius 3 is 2.78 bits per heavy atom. The van der Waals surface area contributed by atoms with Crippen molar-refractivity contribution >= 4 is 34.1 Å². The van der Waals surface area contributed by atoms with Gasteiger partial charge in [-0.15, -0.1) is 0 Å². The lowest BCUT2D eigenvalue weighted by atomic mass is 10.1. The SMILES string of the molecule is COc1cc(-c2cncn2C)ccc1Nc1cc(Cl)nc2c1nc(C)n2C1CCCCO1. The van der Waals surface area contributed by atoms with Crippen LogP contribution in [0.25, 0.3) is 22.4 Å². The lowest BCUT2D eigenvalue weighted by molar-refractivity contribution is -0.0309. The summed E-state index contributed by atoms with van der Waals surface area (Å²) < 4.78 is 15.7. The molecule has 1 aliphatic rings. The molecule has 1 aliphatic heterocycles. The number of fused-ring (bicyclic) bond motifs is 1. The molecule has 5 rings (SSSR count).